The number of carbonyl (C=O) groups is 1. The molecule has 0 unspecified atom stereocenters. The molecule has 2 aromatic rings. The van der Waals surface area contributed by atoms with Crippen LogP contribution in [0.2, 0.25) is 0 Å². The van der Waals surface area contributed by atoms with Crippen LogP contribution in [0.3, 0.4) is 0 Å². The fourth-order valence-electron chi connectivity index (χ4n) is 2.36. The Morgan fingerprint density at radius 1 is 1.19 bits per heavy atom. The molecule has 2 aromatic carbocycles. The Labute approximate surface area is 150 Å². The molecule has 0 fully saturated rings. The first-order valence-corrected chi connectivity index (χ1v) is 7.49. The number of nitrogens with zero attached hydrogens (tertiary/aromatic N) is 1. The molecule has 0 amide bonds. The van der Waals surface area contributed by atoms with Crippen LogP contribution in [-0.2, 0) is 9.53 Å². The largest absolute Gasteiger partial charge is 0.493 e. The van der Waals surface area contributed by atoms with Crippen LogP contribution in [0, 0.1) is 11.6 Å². The van der Waals surface area contributed by atoms with Crippen molar-refractivity contribution in [2.24, 2.45) is 4.99 Å². The van der Waals surface area contributed by atoms with E-state index in [-0.39, 0.29) is 34.2 Å². The van der Waals surface area contributed by atoms with Crippen molar-refractivity contribution in [3.63, 3.8) is 0 Å². The summed E-state index contributed by atoms with van der Waals surface area (Å²) in [6.45, 7) is -3.12. The van der Waals surface area contributed by atoms with Gasteiger partial charge in [0.25, 0.3) is 0 Å². The minimum absolute atomic E-state index is 0.0183. The standard InChI is InChI=1S/C18H11F4NO4/c1-25-14-4-2-3-9(15(14)26-18(21)22)7-13-17(24)27-16(23-13)11-6-5-10(19)8-12(11)20/h2-8,18H,1H3/b13-7-. The highest BCUT2D eigenvalue weighted by molar-refractivity contribution is 6.13. The molecule has 1 aliphatic rings. The molecule has 0 aromatic heterocycles. The minimum atomic E-state index is -3.12. The summed E-state index contributed by atoms with van der Waals surface area (Å²) in [5.41, 5.74) is -0.421. The highest BCUT2D eigenvalue weighted by Crippen LogP contribution is 2.34. The van der Waals surface area contributed by atoms with E-state index in [2.05, 4.69) is 9.73 Å². The first kappa shape index (κ1) is 18.4. The molecule has 0 aliphatic carbocycles. The van der Waals surface area contributed by atoms with Gasteiger partial charge in [-0.15, -0.1) is 0 Å². The van der Waals surface area contributed by atoms with Crippen molar-refractivity contribution >= 4 is 17.9 Å². The van der Waals surface area contributed by atoms with Crippen LogP contribution in [0.25, 0.3) is 6.08 Å². The second kappa shape index (κ2) is 7.48. The number of methoxy groups -OCH3 is 1. The van der Waals surface area contributed by atoms with Crippen LogP contribution in [-0.4, -0.2) is 25.6 Å². The molecular formula is C18H11F4NO4. The lowest BCUT2D eigenvalue weighted by Gasteiger charge is -2.12. The van der Waals surface area contributed by atoms with Gasteiger partial charge in [0, 0.05) is 11.6 Å². The number of benzene rings is 2. The Kier molecular flexibility index (Phi) is 5.11. The van der Waals surface area contributed by atoms with Crippen molar-refractivity contribution in [3.8, 4) is 11.5 Å². The van der Waals surface area contributed by atoms with Gasteiger partial charge in [0.2, 0.25) is 5.90 Å². The molecule has 0 atom stereocenters. The number of alkyl halides is 2. The molecule has 0 spiro atoms. The normalized spacial score (nSPS) is 15.1. The Balaban J connectivity index is 2.02. The van der Waals surface area contributed by atoms with Gasteiger partial charge in [-0.25, -0.2) is 18.6 Å². The molecule has 9 heteroatoms. The highest BCUT2D eigenvalue weighted by Gasteiger charge is 2.27. The lowest BCUT2D eigenvalue weighted by molar-refractivity contribution is -0.129. The number of carbonyl (C=O) groups excluding carboxylic acids is 1. The third kappa shape index (κ3) is 3.91. The first-order chi connectivity index (χ1) is 12.9. The van der Waals surface area contributed by atoms with Crippen molar-refractivity contribution in [1.29, 1.82) is 0 Å². The minimum Gasteiger partial charge on any atom is -0.493 e. The van der Waals surface area contributed by atoms with E-state index in [1.807, 2.05) is 0 Å². The predicted octanol–water partition coefficient (Wildman–Crippen LogP) is 3.92. The fraction of sp³-hybridized carbons (Fsp3) is 0.111. The summed E-state index contributed by atoms with van der Waals surface area (Å²) in [5, 5.41) is 0. The Morgan fingerprint density at radius 2 is 1.96 bits per heavy atom. The number of hydrogen-bond acceptors (Lipinski definition) is 5. The van der Waals surface area contributed by atoms with E-state index in [1.54, 1.807) is 0 Å². The van der Waals surface area contributed by atoms with Crippen LogP contribution >= 0.6 is 0 Å². The molecule has 0 saturated carbocycles. The van der Waals surface area contributed by atoms with Gasteiger partial charge in [-0.05, 0) is 24.3 Å². The van der Waals surface area contributed by atoms with Crippen LogP contribution in [0.15, 0.2) is 47.1 Å². The summed E-state index contributed by atoms with van der Waals surface area (Å²) < 4.78 is 66.5. The van der Waals surface area contributed by atoms with Crippen LogP contribution < -0.4 is 9.47 Å². The summed E-state index contributed by atoms with van der Waals surface area (Å²) in [5.74, 6) is -3.35. The van der Waals surface area contributed by atoms with Gasteiger partial charge in [-0.3, -0.25) is 0 Å². The van der Waals surface area contributed by atoms with Crippen LogP contribution in [0.1, 0.15) is 11.1 Å². The van der Waals surface area contributed by atoms with Gasteiger partial charge in [-0.2, -0.15) is 8.78 Å². The quantitative estimate of drug-likeness (QED) is 0.448. The molecule has 0 radical (unpaired) electrons. The maximum Gasteiger partial charge on any atom is 0.387 e. The number of ether oxygens (including phenoxy) is 3. The molecular weight excluding hydrogens is 370 g/mol. The number of rotatable bonds is 5. The number of esters is 1. The Bertz CT molecular complexity index is 956. The molecule has 1 aliphatic heterocycles. The third-order valence-corrected chi connectivity index (χ3v) is 3.51. The highest BCUT2D eigenvalue weighted by atomic mass is 19.3. The van der Waals surface area contributed by atoms with E-state index in [0.717, 1.165) is 18.2 Å². The third-order valence-electron chi connectivity index (χ3n) is 3.51. The number of para-hydroxylation sites is 1. The van der Waals surface area contributed by atoms with Crippen molar-refractivity contribution in [3.05, 3.63) is 64.9 Å². The molecule has 0 N–H and O–H groups in total. The number of halogens is 4. The maximum atomic E-state index is 13.8. The van der Waals surface area contributed by atoms with Crippen molar-refractivity contribution < 1.29 is 36.6 Å². The fourth-order valence-corrected chi connectivity index (χ4v) is 2.36. The van der Waals surface area contributed by atoms with E-state index in [4.69, 9.17) is 9.47 Å². The van der Waals surface area contributed by atoms with Gasteiger partial charge in [-0.1, -0.05) is 12.1 Å². The average Bonchev–Trinajstić information content (AvgIpc) is 2.96. The van der Waals surface area contributed by atoms with Gasteiger partial charge in [0.15, 0.2) is 17.2 Å². The lowest BCUT2D eigenvalue weighted by Crippen LogP contribution is -2.08. The molecule has 1 heterocycles. The second-order valence-electron chi connectivity index (χ2n) is 5.22. The Hall–Kier alpha value is -3.36. The van der Waals surface area contributed by atoms with E-state index >= 15 is 0 Å². The van der Waals surface area contributed by atoms with Gasteiger partial charge in [0.1, 0.15) is 11.6 Å². The van der Waals surface area contributed by atoms with Crippen molar-refractivity contribution in [2.45, 2.75) is 6.61 Å². The topological polar surface area (TPSA) is 57.1 Å². The number of hydrogen-bond donors (Lipinski definition) is 0. The average molecular weight is 381 g/mol. The summed E-state index contributed by atoms with van der Waals surface area (Å²) in [7, 11) is 1.27. The number of aliphatic imine (C=N–C) groups is 1. The molecule has 5 nitrogen and oxygen atoms in total. The predicted molar refractivity (Wildman–Crippen MR) is 86.6 cm³/mol. The van der Waals surface area contributed by atoms with Crippen LogP contribution in [0.5, 0.6) is 11.5 Å². The SMILES string of the molecule is COc1cccc(/C=C2\N=C(c3ccc(F)cc3F)OC2=O)c1OC(F)F. The van der Waals surface area contributed by atoms with Gasteiger partial charge in [0.05, 0.1) is 12.7 Å². The summed E-state index contributed by atoms with van der Waals surface area (Å²) in [6, 6.07) is 6.95. The lowest BCUT2D eigenvalue weighted by atomic mass is 10.1. The van der Waals surface area contributed by atoms with Crippen molar-refractivity contribution in [1.82, 2.24) is 0 Å². The molecule has 0 bridgehead atoms. The summed E-state index contributed by atoms with van der Waals surface area (Å²) >= 11 is 0. The first-order valence-electron chi connectivity index (χ1n) is 7.49. The molecule has 3 rings (SSSR count). The molecule has 0 saturated heterocycles. The zero-order valence-corrected chi connectivity index (χ0v) is 13.7. The molecule has 140 valence electrons. The maximum absolute atomic E-state index is 13.8. The van der Waals surface area contributed by atoms with E-state index in [0.29, 0.717) is 6.07 Å². The van der Waals surface area contributed by atoms with Gasteiger partial charge < -0.3 is 14.2 Å². The monoisotopic (exact) mass is 381 g/mol. The summed E-state index contributed by atoms with van der Waals surface area (Å²) in [6.07, 6.45) is 1.14. The summed E-state index contributed by atoms with van der Waals surface area (Å²) in [4.78, 5) is 15.9. The van der Waals surface area contributed by atoms with E-state index in [1.165, 1.54) is 25.3 Å². The zero-order valence-electron chi connectivity index (χ0n) is 13.7. The van der Waals surface area contributed by atoms with E-state index in [9.17, 15) is 22.4 Å². The van der Waals surface area contributed by atoms with Crippen molar-refractivity contribution in [2.75, 3.05) is 7.11 Å². The number of cyclic esters (lactones) is 1. The van der Waals surface area contributed by atoms with Crippen LogP contribution in [0.4, 0.5) is 17.6 Å². The van der Waals surface area contributed by atoms with Gasteiger partial charge >= 0.3 is 12.6 Å². The Morgan fingerprint density at radius 3 is 2.63 bits per heavy atom. The smallest absolute Gasteiger partial charge is 0.387 e. The second-order valence-corrected chi connectivity index (χ2v) is 5.22. The zero-order chi connectivity index (χ0) is 19.6. The molecule has 27 heavy (non-hydrogen) atoms. The van der Waals surface area contributed by atoms with E-state index < -0.39 is 24.2 Å².